The largest absolute Gasteiger partial charge is 0.488 e. The van der Waals surface area contributed by atoms with Gasteiger partial charge in [0.2, 0.25) is 0 Å². The minimum Gasteiger partial charge on any atom is -0.488 e. The molecule has 0 radical (unpaired) electrons. The molecule has 0 atom stereocenters. The molecule has 2 N–H and O–H groups in total. The summed E-state index contributed by atoms with van der Waals surface area (Å²) in [6, 6.07) is 25.1. The molecule has 5 rings (SSSR count). The highest BCUT2D eigenvalue weighted by atomic mass is 32.1. The monoisotopic (exact) mass is 522 g/mol. The summed E-state index contributed by atoms with van der Waals surface area (Å²) in [5.41, 5.74) is 2.73. The number of nitrogens with zero attached hydrogens (tertiary/aromatic N) is 1. The molecule has 0 aliphatic carbocycles. The lowest BCUT2D eigenvalue weighted by Gasteiger charge is -2.29. The summed E-state index contributed by atoms with van der Waals surface area (Å²) in [7, 11) is 0. The van der Waals surface area contributed by atoms with Crippen molar-refractivity contribution in [1.29, 1.82) is 0 Å². The fourth-order valence-electron chi connectivity index (χ4n) is 4.33. The Kier molecular flexibility index (Phi) is 6.72. The zero-order valence-corrected chi connectivity index (χ0v) is 21.1. The third-order valence-electron chi connectivity index (χ3n) is 6.15. The van der Waals surface area contributed by atoms with E-state index < -0.39 is 17.8 Å². The number of thiocarbonyl (C=S) groups is 1. The van der Waals surface area contributed by atoms with E-state index in [2.05, 4.69) is 5.32 Å². The van der Waals surface area contributed by atoms with Crippen molar-refractivity contribution in [2.75, 3.05) is 4.90 Å². The molecule has 4 aromatic rings. The molecule has 38 heavy (non-hydrogen) atoms. The fraction of sp³-hybridized carbons (Fsp3) is 0.0667. The number of benzene rings is 4. The van der Waals surface area contributed by atoms with Crippen LogP contribution in [0.2, 0.25) is 0 Å². The maximum atomic E-state index is 13.6. The lowest BCUT2D eigenvalue weighted by atomic mass is 9.99. The average molecular weight is 523 g/mol. The van der Waals surface area contributed by atoms with Gasteiger partial charge in [-0.05, 0) is 65.8 Å². The van der Waals surface area contributed by atoms with Crippen molar-refractivity contribution in [2.45, 2.75) is 13.5 Å². The molecule has 0 unspecified atom stereocenters. The molecule has 188 valence electrons. The van der Waals surface area contributed by atoms with E-state index in [1.54, 1.807) is 6.07 Å². The van der Waals surface area contributed by atoms with E-state index in [-0.39, 0.29) is 21.9 Å². The quantitative estimate of drug-likeness (QED) is 0.204. The van der Waals surface area contributed by atoms with Crippen molar-refractivity contribution in [2.24, 2.45) is 0 Å². The van der Waals surface area contributed by atoms with Gasteiger partial charge in [0.15, 0.2) is 5.11 Å². The predicted molar refractivity (Wildman–Crippen MR) is 149 cm³/mol. The van der Waals surface area contributed by atoms with Crippen LogP contribution in [-0.2, 0) is 16.2 Å². The number of carboxylic acids is 1. The summed E-state index contributed by atoms with van der Waals surface area (Å²) in [4.78, 5) is 39.2. The van der Waals surface area contributed by atoms with Gasteiger partial charge in [0, 0.05) is 5.56 Å². The molecule has 7 nitrogen and oxygen atoms in total. The Morgan fingerprint density at radius 1 is 1.00 bits per heavy atom. The summed E-state index contributed by atoms with van der Waals surface area (Å²) in [5, 5.41) is 13.5. The van der Waals surface area contributed by atoms with Crippen molar-refractivity contribution < 1.29 is 24.2 Å². The van der Waals surface area contributed by atoms with Crippen LogP contribution < -0.4 is 15.0 Å². The number of fused-ring (bicyclic) bond motifs is 1. The van der Waals surface area contributed by atoms with Gasteiger partial charge in [0.05, 0.1) is 11.3 Å². The number of hydrogen-bond donors (Lipinski definition) is 2. The lowest BCUT2D eigenvalue weighted by molar-refractivity contribution is -0.122. The van der Waals surface area contributed by atoms with Crippen LogP contribution in [0.25, 0.3) is 16.8 Å². The molecule has 1 aliphatic rings. The van der Waals surface area contributed by atoms with Gasteiger partial charge >= 0.3 is 5.97 Å². The topological polar surface area (TPSA) is 95.9 Å². The summed E-state index contributed by atoms with van der Waals surface area (Å²) in [5.74, 6) is -1.96. The van der Waals surface area contributed by atoms with Crippen LogP contribution in [0.3, 0.4) is 0 Å². The first-order valence-corrected chi connectivity index (χ1v) is 12.2. The van der Waals surface area contributed by atoms with Gasteiger partial charge in [-0.3, -0.25) is 19.8 Å². The van der Waals surface area contributed by atoms with Gasteiger partial charge in [-0.2, -0.15) is 0 Å². The molecule has 0 saturated carbocycles. The van der Waals surface area contributed by atoms with Crippen molar-refractivity contribution in [1.82, 2.24) is 5.32 Å². The molecule has 0 spiro atoms. The van der Waals surface area contributed by atoms with Crippen LogP contribution in [0.15, 0.2) is 90.5 Å². The second kappa shape index (κ2) is 10.3. The first kappa shape index (κ1) is 24.9. The van der Waals surface area contributed by atoms with Gasteiger partial charge in [-0.25, -0.2) is 4.79 Å². The van der Waals surface area contributed by atoms with Gasteiger partial charge < -0.3 is 9.84 Å². The summed E-state index contributed by atoms with van der Waals surface area (Å²) in [6.07, 6.45) is 1.50. The molecule has 1 fully saturated rings. The standard InChI is InChI=1S/C30H22N2O5S/c1-18-6-4-7-19(14-18)17-37-26-13-12-20-8-2-3-11-23(20)24(26)16-25-27(33)31-30(38)32(28(25)34)22-10-5-9-21(15-22)29(35)36/h2-16H,17H2,1H3,(H,35,36)(H,31,33,38). The molecule has 0 bridgehead atoms. The van der Waals surface area contributed by atoms with E-state index in [9.17, 15) is 19.5 Å². The third kappa shape index (κ3) is 4.89. The zero-order chi connectivity index (χ0) is 26.8. The van der Waals surface area contributed by atoms with E-state index in [0.29, 0.717) is 17.9 Å². The van der Waals surface area contributed by atoms with Crippen molar-refractivity contribution in [3.8, 4) is 5.75 Å². The van der Waals surface area contributed by atoms with Gasteiger partial charge in [0.25, 0.3) is 11.8 Å². The number of anilines is 1. The number of aryl methyl sites for hydroxylation is 1. The van der Waals surface area contributed by atoms with Crippen molar-refractivity contribution in [3.63, 3.8) is 0 Å². The van der Waals surface area contributed by atoms with E-state index in [0.717, 1.165) is 26.8 Å². The summed E-state index contributed by atoms with van der Waals surface area (Å²) >= 11 is 5.27. The highest BCUT2D eigenvalue weighted by molar-refractivity contribution is 7.80. The smallest absolute Gasteiger partial charge is 0.335 e. The molecular formula is C30H22N2O5S. The first-order chi connectivity index (χ1) is 18.3. The number of hydrogen-bond acceptors (Lipinski definition) is 5. The fourth-order valence-corrected chi connectivity index (χ4v) is 4.61. The maximum absolute atomic E-state index is 13.6. The van der Waals surface area contributed by atoms with E-state index in [1.165, 1.54) is 24.3 Å². The lowest BCUT2D eigenvalue weighted by Crippen LogP contribution is -2.54. The highest BCUT2D eigenvalue weighted by Crippen LogP contribution is 2.32. The molecule has 1 aliphatic heterocycles. The van der Waals surface area contributed by atoms with Crippen LogP contribution in [0, 0.1) is 6.92 Å². The van der Waals surface area contributed by atoms with Gasteiger partial charge in [-0.15, -0.1) is 0 Å². The minimum absolute atomic E-state index is 0.0126. The number of rotatable bonds is 6. The number of nitrogens with one attached hydrogen (secondary N) is 1. The third-order valence-corrected chi connectivity index (χ3v) is 6.43. The van der Waals surface area contributed by atoms with Gasteiger partial charge in [0.1, 0.15) is 17.9 Å². The molecule has 0 aromatic heterocycles. The number of carbonyl (C=O) groups is 3. The van der Waals surface area contributed by atoms with Crippen LogP contribution in [0.1, 0.15) is 27.0 Å². The van der Waals surface area contributed by atoms with Crippen LogP contribution in [0.5, 0.6) is 5.75 Å². The van der Waals surface area contributed by atoms with E-state index in [1.807, 2.05) is 67.6 Å². The summed E-state index contributed by atoms with van der Waals surface area (Å²) < 4.78 is 6.18. The number of aromatic carboxylic acids is 1. The van der Waals surface area contributed by atoms with Crippen LogP contribution >= 0.6 is 12.2 Å². The Hall–Kier alpha value is -4.82. The molecule has 8 heteroatoms. The Morgan fingerprint density at radius 2 is 1.79 bits per heavy atom. The predicted octanol–water partition coefficient (Wildman–Crippen LogP) is 5.26. The SMILES string of the molecule is Cc1cccc(COc2ccc3ccccc3c2C=C2C(=O)NC(=S)N(c3cccc(C(=O)O)c3)C2=O)c1. The average Bonchev–Trinajstić information content (AvgIpc) is 2.90. The van der Waals surface area contributed by atoms with Crippen LogP contribution in [-0.4, -0.2) is 28.0 Å². The molecule has 1 saturated heterocycles. The zero-order valence-electron chi connectivity index (χ0n) is 20.3. The van der Waals surface area contributed by atoms with Gasteiger partial charge in [-0.1, -0.05) is 66.2 Å². The second-order valence-electron chi connectivity index (χ2n) is 8.79. The number of ether oxygens (including phenoxy) is 1. The Morgan fingerprint density at radius 3 is 2.58 bits per heavy atom. The number of amides is 2. The normalized spacial score (nSPS) is 14.6. The maximum Gasteiger partial charge on any atom is 0.335 e. The Bertz CT molecular complexity index is 1660. The van der Waals surface area contributed by atoms with Crippen molar-refractivity contribution in [3.05, 3.63) is 113 Å². The summed E-state index contributed by atoms with van der Waals surface area (Å²) in [6.45, 7) is 2.31. The second-order valence-corrected chi connectivity index (χ2v) is 9.18. The molecule has 1 heterocycles. The Balaban J connectivity index is 1.58. The first-order valence-electron chi connectivity index (χ1n) is 11.8. The van der Waals surface area contributed by atoms with Crippen molar-refractivity contribution >= 4 is 57.6 Å². The highest BCUT2D eigenvalue weighted by Gasteiger charge is 2.35. The number of carboxylic acid groups (broad SMARTS) is 1. The molecular weight excluding hydrogens is 500 g/mol. The number of carbonyl (C=O) groups excluding carboxylic acids is 2. The molecule has 2 amide bonds. The Labute approximate surface area is 224 Å². The molecule has 4 aromatic carbocycles. The van der Waals surface area contributed by atoms with Crippen LogP contribution in [0.4, 0.5) is 5.69 Å². The van der Waals surface area contributed by atoms with E-state index in [4.69, 9.17) is 17.0 Å². The van der Waals surface area contributed by atoms with E-state index >= 15 is 0 Å². The minimum atomic E-state index is -1.15.